The van der Waals surface area contributed by atoms with Gasteiger partial charge in [0.2, 0.25) is 0 Å². The minimum absolute atomic E-state index is 0.852. The van der Waals surface area contributed by atoms with Crippen molar-refractivity contribution in [3.05, 3.63) is 44.3 Å². The first-order valence-corrected chi connectivity index (χ1v) is 11.1. The number of rotatable bonds is 11. The number of thiophene rings is 2. The van der Waals surface area contributed by atoms with Crippen molar-refractivity contribution in [1.29, 1.82) is 0 Å². The smallest absolute Gasteiger partial charge is 0.160 e. The SMILES string of the molecule is CCCCCCc1ccc(C=O)s1.CCCCCCc1cccs1. The highest BCUT2D eigenvalue weighted by atomic mass is 32.1. The van der Waals surface area contributed by atoms with E-state index in [1.165, 1.54) is 62.7 Å². The van der Waals surface area contributed by atoms with Crippen LogP contribution in [0.3, 0.4) is 0 Å². The maximum absolute atomic E-state index is 10.4. The molecular weight excluding hydrogens is 332 g/mol. The Morgan fingerprint density at radius 3 is 2.00 bits per heavy atom. The van der Waals surface area contributed by atoms with Crippen molar-refractivity contribution in [2.45, 2.75) is 78.1 Å². The van der Waals surface area contributed by atoms with Crippen LogP contribution in [0, 0.1) is 0 Å². The molecule has 0 aliphatic carbocycles. The van der Waals surface area contributed by atoms with Gasteiger partial charge in [-0.3, -0.25) is 4.79 Å². The fraction of sp³-hybridized carbons (Fsp3) is 0.571. The predicted molar refractivity (Wildman–Crippen MR) is 110 cm³/mol. The molecule has 0 saturated carbocycles. The highest BCUT2D eigenvalue weighted by Crippen LogP contribution is 2.17. The molecule has 3 heteroatoms. The van der Waals surface area contributed by atoms with Gasteiger partial charge < -0.3 is 0 Å². The summed E-state index contributed by atoms with van der Waals surface area (Å²) in [5, 5.41) is 2.16. The van der Waals surface area contributed by atoms with Gasteiger partial charge in [-0.1, -0.05) is 58.4 Å². The number of aldehydes is 1. The van der Waals surface area contributed by atoms with E-state index in [0.717, 1.165) is 17.6 Å². The normalized spacial score (nSPS) is 10.2. The molecule has 0 bridgehead atoms. The highest BCUT2D eigenvalue weighted by molar-refractivity contribution is 7.13. The van der Waals surface area contributed by atoms with Gasteiger partial charge in [0.15, 0.2) is 6.29 Å². The van der Waals surface area contributed by atoms with Crippen LogP contribution in [0.1, 0.15) is 84.6 Å². The van der Waals surface area contributed by atoms with Gasteiger partial charge in [0, 0.05) is 9.75 Å². The lowest BCUT2D eigenvalue weighted by molar-refractivity contribution is 0.112. The first kappa shape index (κ1) is 21.1. The van der Waals surface area contributed by atoms with Crippen molar-refractivity contribution in [2.75, 3.05) is 0 Å². The van der Waals surface area contributed by atoms with E-state index in [1.54, 1.807) is 16.2 Å². The molecule has 0 aliphatic rings. The molecule has 1 nitrogen and oxygen atoms in total. The summed E-state index contributed by atoms with van der Waals surface area (Å²) in [5.74, 6) is 0. The van der Waals surface area contributed by atoms with Gasteiger partial charge in [0.1, 0.15) is 0 Å². The van der Waals surface area contributed by atoms with Gasteiger partial charge in [-0.25, -0.2) is 0 Å². The van der Waals surface area contributed by atoms with E-state index in [0.29, 0.717) is 0 Å². The fourth-order valence-electron chi connectivity index (χ4n) is 2.50. The molecule has 2 heterocycles. The van der Waals surface area contributed by atoms with E-state index in [-0.39, 0.29) is 0 Å². The highest BCUT2D eigenvalue weighted by Gasteiger charge is 1.98. The summed E-state index contributed by atoms with van der Waals surface area (Å²) in [7, 11) is 0. The first-order chi connectivity index (χ1) is 11.8. The summed E-state index contributed by atoms with van der Waals surface area (Å²) in [4.78, 5) is 14.1. The van der Waals surface area contributed by atoms with Crippen LogP contribution >= 0.6 is 22.7 Å². The summed E-state index contributed by atoms with van der Waals surface area (Å²) in [6.07, 6.45) is 14.0. The summed E-state index contributed by atoms with van der Waals surface area (Å²) in [6.45, 7) is 4.47. The van der Waals surface area contributed by atoms with Crippen molar-refractivity contribution < 1.29 is 4.79 Å². The lowest BCUT2D eigenvalue weighted by atomic mass is 10.1. The molecule has 0 aliphatic heterocycles. The number of hydrogen-bond donors (Lipinski definition) is 0. The molecule has 0 amide bonds. The van der Waals surface area contributed by atoms with Crippen molar-refractivity contribution in [3.63, 3.8) is 0 Å². The van der Waals surface area contributed by atoms with Crippen molar-refractivity contribution >= 4 is 29.0 Å². The van der Waals surface area contributed by atoms with Gasteiger partial charge in [0.05, 0.1) is 4.88 Å². The number of carbonyl (C=O) groups is 1. The Labute approximate surface area is 156 Å². The minimum Gasteiger partial charge on any atom is -0.297 e. The summed E-state index contributed by atoms with van der Waals surface area (Å²) in [6, 6.07) is 8.35. The van der Waals surface area contributed by atoms with Crippen molar-refractivity contribution in [1.82, 2.24) is 0 Å². The van der Waals surface area contributed by atoms with E-state index < -0.39 is 0 Å². The van der Waals surface area contributed by atoms with E-state index >= 15 is 0 Å². The molecular formula is C21H32OS2. The molecule has 24 heavy (non-hydrogen) atoms. The largest absolute Gasteiger partial charge is 0.297 e. The van der Waals surface area contributed by atoms with Gasteiger partial charge >= 0.3 is 0 Å². The molecule has 0 saturated heterocycles. The van der Waals surface area contributed by atoms with E-state index in [2.05, 4.69) is 37.4 Å². The molecule has 0 fully saturated rings. The average molecular weight is 365 g/mol. The topological polar surface area (TPSA) is 17.1 Å². The van der Waals surface area contributed by atoms with E-state index in [9.17, 15) is 4.79 Å². The van der Waals surface area contributed by atoms with Crippen LogP contribution in [0.2, 0.25) is 0 Å². The number of aryl methyl sites for hydroxylation is 2. The Morgan fingerprint density at radius 2 is 1.50 bits per heavy atom. The van der Waals surface area contributed by atoms with Gasteiger partial charge in [-0.2, -0.15) is 0 Å². The second-order valence-electron chi connectivity index (χ2n) is 6.12. The molecule has 0 N–H and O–H groups in total. The minimum atomic E-state index is 0.852. The molecule has 2 aromatic heterocycles. The standard InChI is InChI=1S/C11H16OS.C10H16S/c1-2-3-4-5-6-10-7-8-11(9-12)13-10;1-2-3-4-5-7-10-8-6-9-11-10/h7-9H,2-6H2,1H3;6,8-9H,2-5,7H2,1H3. The van der Waals surface area contributed by atoms with Crippen molar-refractivity contribution in [3.8, 4) is 0 Å². The third-order valence-corrected chi connectivity index (χ3v) is 5.94. The zero-order valence-electron chi connectivity index (χ0n) is 15.3. The summed E-state index contributed by atoms with van der Waals surface area (Å²) < 4.78 is 0. The maximum Gasteiger partial charge on any atom is 0.160 e. The molecule has 0 spiro atoms. The Bertz CT molecular complexity index is 514. The van der Waals surface area contributed by atoms with Gasteiger partial charge in [-0.15, -0.1) is 22.7 Å². The zero-order chi connectivity index (χ0) is 17.5. The third-order valence-electron chi connectivity index (χ3n) is 3.93. The molecule has 2 rings (SSSR count). The predicted octanol–water partition coefficient (Wildman–Crippen LogP) is 7.55. The maximum atomic E-state index is 10.4. The van der Waals surface area contributed by atoms with Crippen LogP contribution in [0.25, 0.3) is 0 Å². The second-order valence-corrected chi connectivity index (χ2v) is 8.35. The summed E-state index contributed by atoms with van der Waals surface area (Å²) >= 11 is 3.50. The van der Waals surface area contributed by atoms with E-state index in [1.807, 2.05) is 17.4 Å². The van der Waals surface area contributed by atoms with Gasteiger partial charge in [-0.05, 0) is 49.3 Å². The number of unbranched alkanes of at least 4 members (excludes halogenated alkanes) is 6. The molecule has 2 aromatic rings. The van der Waals surface area contributed by atoms with Crippen LogP contribution in [-0.2, 0) is 12.8 Å². The third kappa shape index (κ3) is 10.0. The Hall–Kier alpha value is -0.930. The van der Waals surface area contributed by atoms with Gasteiger partial charge in [0.25, 0.3) is 0 Å². The molecule has 0 atom stereocenters. The van der Waals surface area contributed by atoms with Crippen molar-refractivity contribution in [2.24, 2.45) is 0 Å². The fourth-order valence-corrected chi connectivity index (χ4v) is 4.12. The Morgan fingerprint density at radius 1 is 0.833 bits per heavy atom. The quantitative estimate of drug-likeness (QED) is 0.297. The Kier molecular flexibility index (Phi) is 12.7. The Balaban J connectivity index is 0.000000243. The summed E-state index contributed by atoms with van der Waals surface area (Å²) in [5.41, 5.74) is 0. The average Bonchev–Trinajstić information content (AvgIpc) is 3.28. The van der Waals surface area contributed by atoms with Crippen LogP contribution in [0.5, 0.6) is 0 Å². The second kappa shape index (κ2) is 14.4. The molecule has 0 radical (unpaired) electrons. The molecule has 0 unspecified atom stereocenters. The number of hydrogen-bond acceptors (Lipinski definition) is 3. The van der Waals surface area contributed by atoms with Crippen LogP contribution in [-0.4, -0.2) is 6.29 Å². The molecule has 0 aromatic carbocycles. The number of carbonyl (C=O) groups excluding carboxylic acids is 1. The zero-order valence-corrected chi connectivity index (χ0v) is 16.9. The van der Waals surface area contributed by atoms with E-state index in [4.69, 9.17) is 0 Å². The first-order valence-electron chi connectivity index (χ1n) is 9.36. The van der Waals surface area contributed by atoms with Crippen LogP contribution in [0.4, 0.5) is 0 Å². The monoisotopic (exact) mass is 364 g/mol. The lowest BCUT2D eigenvalue weighted by Crippen LogP contribution is -1.80. The van der Waals surface area contributed by atoms with Crippen LogP contribution in [0.15, 0.2) is 29.6 Å². The van der Waals surface area contributed by atoms with Crippen LogP contribution < -0.4 is 0 Å². The lowest BCUT2D eigenvalue weighted by Gasteiger charge is -1.96. The molecule has 134 valence electrons.